The lowest BCUT2D eigenvalue weighted by Gasteiger charge is -2.26. The molecule has 0 fully saturated rings. The van der Waals surface area contributed by atoms with Crippen LogP contribution in [0.15, 0.2) is 16.6 Å². The molecule has 1 atom stereocenters. The van der Waals surface area contributed by atoms with Crippen LogP contribution in [0, 0.1) is 18.3 Å². The van der Waals surface area contributed by atoms with Crippen molar-refractivity contribution in [1.29, 1.82) is 0 Å². The highest BCUT2D eigenvalue weighted by atomic mass is 79.9. The van der Waals surface area contributed by atoms with Crippen LogP contribution >= 0.6 is 27.5 Å². The highest BCUT2D eigenvalue weighted by Crippen LogP contribution is 2.32. The summed E-state index contributed by atoms with van der Waals surface area (Å²) >= 11 is 9.34. The second-order valence-electron chi connectivity index (χ2n) is 5.71. The highest BCUT2D eigenvalue weighted by molar-refractivity contribution is 9.10. The van der Waals surface area contributed by atoms with Gasteiger partial charge in [-0.1, -0.05) is 32.4 Å². The van der Waals surface area contributed by atoms with Crippen LogP contribution in [0.2, 0.25) is 5.02 Å². The molecule has 0 aliphatic rings. The molecule has 110 valence electrons. The van der Waals surface area contributed by atoms with Gasteiger partial charge in [0.2, 0.25) is 5.91 Å². The van der Waals surface area contributed by atoms with E-state index >= 15 is 0 Å². The van der Waals surface area contributed by atoms with Crippen molar-refractivity contribution in [3.05, 3.63) is 27.2 Å². The van der Waals surface area contributed by atoms with E-state index in [1.807, 2.05) is 6.92 Å². The molecule has 0 heterocycles. The summed E-state index contributed by atoms with van der Waals surface area (Å²) in [5.74, 6) is -2.86. The molecule has 0 saturated heterocycles. The molecule has 0 aliphatic carbocycles. The van der Waals surface area contributed by atoms with Crippen LogP contribution in [0.1, 0.15) is 26.3 Å². The molecule has 0 aromatic heterocycles. The van der Waals surface area contributed by atoms with Crippen LogP contribution in [0.25, 0.3) is 0 Å². The molecule has 6 heteroatoms. The van der Waals surface area contributed by atoms with Crippen molar-refractivity contribution in [3.8, 4) is 0 Å². The number of carbonyl (C=O) groups excluding carboxylic acids is 1. The van der Waals surface area contributed by atoms with Gasteiger partial charge in [0.25, 0.3) is 0 Å². The molecule has 1 rings (SSSR count). The third kappa shape index (κ3) is 3.96. The van der Waals surface area contributed by atoms with Gasteiger partial charge < -0.3 is 10.4 Å². The van der Waals surface area contributed by atoms with Gasteiger partial charge >= 0.3 is 5.97 Å². The average molecular weight is 363 g/mol. The standard InChI is InChI=1S/C14H17BrClNO3/c1-7-5-8(15)10(6-9(7)16)17-12(18)11(13(19)20)14(2,3)4/h5-6,11H,1-4H3,(H,17,18)(H,19,20). The van der Waals surface area contributed by atoms with Gasteiger partial charge in [0.1, 0.15) is 5.92 Å². The number of carboxylic acids is 1. The molecule has 2 N–H and O–H groups in total. The molecule has 1 amide bonds. The minimum atomic E-state index is -1.15. The van der Waals surface area contributed by atoms with E-state index in [9.17, 15) is 14.7 Å². The third-order valence-electron chi connectivity index (χ3n) is 2.88. The quantitative estimate of drug-likeness (QED) is 0.796. The van der Waals surface area contributed by atoms with Gasteiger partial charge in [-0.25, -0.2) is 0 Å². The first-order valence-corrected chi connectivity index (χ1v) is 7.20. The number of benzene rings is 1. The number of anilines is 1. The molecule has 0 spiro atoms. The Hall–Kier alpha value is -1.07. The zero-order chi connectivity index (χ0) is 15.7. The Bertz CT molecular complexity index is 552. The number of carbonyl (C=O) groups is 2. The molecule has 1 aromatic rings. The summed E-state index contributed by atoms with van der Waals surface area (Å²) in [6.07, 6.45) is 0. The molecule has 1 aromatic carbocycles. The van der Waals surface area contributed by atoms with Gasteiger partial charge in [0, 0.05) is 9.50 Å². The van der Waals surface area contributed by atoms with Crippen molar-refractivity contribution < 1.29 is 14.7 Å². The van der Waals surface area contributed by atoms with Crippen LogP contribution in [0.4, 0.5) is 5.69 Å². The number of hydrogen-bond donors (Lipinski definition) is 2. The normalized spacial score (nSPS) is 12.9. The SMILES string of the molecule is Cc1cc(Br)c(NC(=O)C(C(=O)O)C(C)(C)C)cc1Cl. The molecule has 0 radical (unpaired) electrons. The Morgan fingerprint density at radius 3 is 2.35 bits per heavy atom. The smallest absolute Gasteiger partial charge is 0.316 e. The number of hydrogen-bond acceptors (Lipinski definition) is 2. The van der Waals surface area contributed by atoms with Crippen LogP contribution in [0.3, 0.4) is 0 Å². The van der Waals surface area contributed by atoms with Crippen molar-refractivity contribution in [2.24, 2.45) is 11.3 Å². The fourth-order valence-corrected chi connectivity index (χ4v) is 2.54. The first kappa shape index (κ1) is 17.0. The summed E-state index contributed by atoms with van der Waals surface area (Å²) in [7, 11) is 0. The lowest BCUT2D eigenvalue weighted by Crippen LogP contribution is -2.39. The zero-order valence-electron chi connectivity index (χ0n) is 11.8. The summed E-state index contributed by atoms with van der Waals surface area (Å²) in [4.78, 5) is 23.5. The third-order valence-corrected chi connectivity index (χ3v) is 3.94. The first-order valence-electron chi connectivity index (χ1n) is 6.03. The van der Waals surface area contributed by atoms with Gasteiger partial charge in [0.15, 0.2) is 0 Å². The Morgan fingerprint density at radius 2 is 1.90 bits per heavy atom. The maximum atomic E-state index is 12.2. The van der Waals surface area contributed by atoms with E-state index in [4.69, 9.17) is 11.6 Å². The van der Waals surface area contributed by atoms with E-state index in [0.29, 0.717) is 15.2 Å². The fraction of sp³-hybridized carbons (Fsp3) is 0.429. The lowest BCUT2D eigenvalue weighted by molar-refractivity contribution is -0.149. The average Bonchev–Trinajstić information content (AvgIpc) is 2.22. The van der Waals surface area contributed by atoms with E-state index < -0.39 is 23.2 Å². The summed E-state index contributed by atoms with van der Waals surface area (Å²) in [5, 5.41) is 12.3. The monoisotopic (exact) mass is 361 g/mol. The lowest BCUT2D eigenvalue weighted by atomic mass is 9.80. The number of amides is 1. The summed E-state index contributed by atoms with van der Waals surface area (Å²) in [5.41, 5.74) is 0.639. The van der Waals surface area contributed by atoms with Crippen molar-refractivity contribution in [2.75, 3.05) is 5.32 Å². The maximum absolute atomic E-state index is 12.2. The van der Waals surface area contributed by atoms with E-state index in [-0.39, 0.29) is 0 Å². The predicted octanol–water partition coefficient (Wildman–Crippen LogP) is 4.10. The van der Waals surface area contributed by atoms with Gasteiger partial charge in [-0.2, -0.15) is 0 Å². The van der Waals surface area contributed by atoms with Crippen molar-refractivity contribution in [2.45, 2.75) is 27.7 Å². The molecule has 0 aliphatic heterocycles. The molecular formula is C14H17BrClNO3. The summed E-state index contributed by atoms with van der Waals surface area (Å²) in [6, 6.07) is 3.37. The number of aryl methyl sites for hydroxylation is 1. The largest absolute Gasteiger partial charge is 0.481 e. The van der Waals surface area contributed by atoms with Gasteiger partial charge in [-0.3, -0.25) is 9.59 Å². The predicted molar refractivity (Wildman–Crippen MR) is 83.1 cm³/mol. The molecular weight excluding hydrogens is 346 g/mol. The van der Waals surface area contributed by atoms with Gasteiger partial charge in [0.05, 0.1) is 5.69 Å². The minimum Gasteiger partial charge on any atom is -0.481 e. The molecule has 0 saturated carbocycles. The number of aliphatic carboxylic acids is 1. The maximum Gasteiger partial charge on any atom is 0.316 e. The van der Waals surface area contributed by atoms with Crippen LogP contribution in [-0.4, -0.2) is 17.0 Å². The number of halogens is 2. The number of nitrogens with one attached hydrogen (secondary N) is 1. The van der Waals surface area contributed by atoms with Crippen LogP contribution < -0.4 is 5.32 Å². The van der Waals surface area contributed by atoms with E-state index in [1.165, 1.54) is 0 Å². The number of rotatable bonds is 3. The molecule has 20 heavy (non-hydrogen) atoms. The Kier molecular flexibility index (Phi) is 5.21. The first-order chi connectivity index (χ1) is 9.04. The van der Waals surface area contributed by atoms with Crippen LogP contribution in [-0.2, 0) is 9.59 Å². The van der Waals surface area contributed by atoms with Crippen molar-refractivity contribution in [1.82, 2.24) is 0 Å². The van der Waals surface area contributed by atoms with Crippen molar-refractivity contribution in [3.63, 3.8) is 0 Å². The Balaban J connectivity index is 3.06. The molecule has 0 bridgehead atoms. The second kappa shape index (κ2) is 6.14. The van der Waals surface area contributed by atoms with Gasteiger partial charge in [-0.15, -0.1) is 0 Å². The summed E-state index contributed by atoms with van der Waals surface area (Å²) in [6.45, 7) is 6.97. The van der Waals surface area contributed by atoms with Crippen molar-refractivity contribution >= 4 is 45.1 Å². The van der Waals surface area contributed by atoms with E-state index in [2.05, 4.69) is 21.2 Å². The topological polar surface area (TPSA) is 66.4 Å². The van der Waals surface area contributed by atoms with E-state index in [1.54, 1.807) is 32.9 Å². The molecule has 1 unspecified atom stereocenters. The second-order valence-corrected chi connectivity index (χ2v) is 6.97. The van der Waals surface area contributed by atoms with Gasteiger partial charge in [-0.05, 0) is 46.0 Å². The summed E-state index contributed by atoms with van der Waals surface area (Å²) < 4.78 is 0.658. The minimum absolute atomic E-state index is 0.459. The van der Waals surface area contributed by atoms with Crippen LogP contribution in [0.5, 0.6) is 0 Å². The van der Waals surface area contributed by atoms with E-state index in [0.717, 1.165) is 5.56 Å². The Labute approximate surface area is 131 Å². The zero-order valence-corrected chi connectivity index (χ0v) is 14.1. The molecule has 4 nitrogen and oxygen atoms in total. The fourth-order valence-electron chi connectivity index (χ4n) is 1.82. The number of carboxylic acid groups (broad SMARTS) is 1. The Morgan fingerprint density at radius 1 is 1.35 bits per heavy atom. The highest BCUT2D eigenvalue weighted by Gasteiger charge is 2.37.